The van der Waals surface area contributed by atoms with E-state index in [1.165, 1.54) is 24.3 Å². The molecule has 0 bridgehead atoms. The lowest BCUT2D eigenvalue weighted by atomic mass is 10.1. The number of hydrogen-bond acceptors (Lipinski definition) is 3. The minimum Gasteiger partial charge on any atom is -0.482 e. The number of nitrogens with one attached hydrogen (secondary N) is 1. The lowest BCUT2D eigenvalue weighted by Gasteiger charge is -2.30. The quantitative estimate of drug-likeness (QED) is 0.722. The molecular formula is C23H19FN2O3. The van der Waals surface area contributed by atoms with E-state index >= 15 is 0 Å². The molecule has 0 fully saturated rings. The molecule has 0 spiro atoms. The fourth-order valence-electron chi connectivity index (χ4n) is 3.24. The highest BCUT2D eigenvalue weighted by molar-refractivity contribution is 6.05. The van der Waals surface area contributed by atoms with Crippen molar-refractivity contribution in [2.24, 2.45) is 0 Å². The van der Waals surface area contributed by atoms with Crippen LogP contribution in [0.15, 0.2) is 66.7 Å². The van der Waals surface area contributed by atoms with Crippen LogP contribution in [0.2, 0.25) is 0 Å². The van der Waals surface area contributed by atoms with Crippen molar-refractivity contribution < 1.29 is 18.7 Å². The molecule has 0 saturated heterocycles. The maximum absolute atomic E-state index is 13.4. The van der Waals surface area contributed by atoms with E-state index in [0.29, 0.717) is 23.7 Å². The Morgan fingerprint density at radius 1 is 1.10 bits per heavy atom. The molecular weight excluding hydrogens is 371 g/mol. The second-order valence-corrected chi connectivity index (χ2v) is 6.84. The number of aryl methyl sites for hydroxylation is 1. The molecule has 1 aliphatic heterocycles. The number of rotatable bonds is 4. The van der Waals surface area contributed by atoms with Gasteiger partial charge in [-0.1, -0.05) is 30.3 Å². The van der Waals surface area contributed by atoms with Gasteiger partial charge in [0.25, 0.3) is 11.8 Å². The number of fused-ring (bicyclic) bond motifs is 1. The molecule has 3 aromatic carbocycles. The molecule has 1 N–H and O–H groups in total. The number of amides is 2. The molecule has 2 amide bonds. The van der Waals surface area contributed by atoms with Gasteiger partial charge in [0, 0.05) is 11.3 Å². The number of carbonyl (C=O) groups is 2. The van der Waals surface area contributed by atoms with Crippen molar-refractivity contribution in [3.05, 3.63) is 89.2 Å². The van der Waals surface area contributed by atoms with Crippen molar-refractivity contribution in [3.63, 3.8) is 0 Å². The van der Waals surface area contributed by atoms with E-state index in [1.54, 1.807) is 23.1 Å². The van der Waals surface area contributed by atoms with E-state index in [2.05, 4.69) is 5.32 Å². The molecule has 0 radical (unpaired) electrons. The molecule has 1 heterocycles. The normalized spacial score (nSPS) is 12.9. The van der Waals surface area contributed by atoms with Crippen molar-refractivity contribution in [2.45, 2.75) is 13.5 Å². The molecule has 146 valence electrons. The summed E-state index contributed by atoms with van der Waals surface area (Å²) in [5.41, 5.74) is 3.41. The SMILES string of the molecule is Cc1ccccc1CN1C(=O)COc2ccc(NC(=O)c3cccc(F)c3)cc21. The third kappa shape index (κ3) is 3.96. The first kappa shape index (κ1) is 18.7. The summed E-state index contributed by atoms with van der Waals surface area (Å²) in [5.74, 6) is -0.499. The number of halogens is 1. The van der Waals surface area contributed by atoms with E-state index in [0.717, 1.165) is 11.1 Å². The summed E-state index contributed by atoms with van der Waals surface area (Å²) >= 11 is 0. The Balaban J connectivity index is 1.62. The third-order valence-electron chi connectivity index (χ3n) is 4.84. The van der Waals surface area contributed by atoms with Crippen LogP contribution in [-0.4, -0.2) is 18.4 Å². The molecule has 0 atom stereocenters. The van der Waals surface area contributed by atoms with Crippen LogP contribution in [0.1, 0.15) is 21.5 Å². The predicted molar refractivity (Wildman–Crippen MR) is 109 cm³/mol. The summed E-state index contributed by atoms with van der Waals surface area (Å²) in [6.07, 6.45) is 0. The first-order valence-corrected chi connectivity index (χ1v) is 9.20. The number of ether oxygens (including phenoxy) is 1. The summed E-state index contributed by atoms with van der Waals surface area (Å²) in [6.45, 7) is 2.37. The smallest absolute Gasteiger partial charge is 0.265 e. The maximum Gasteiger partial charge on any atom is 0.265 e. The Morgan fingerprint density at radius 3 is 2.72 bits per heavy atom. The Morgan fingerprint density at radius 2 is 1.93 bits per heavy atom. The average Bonchev–Trinajstić information content (AvgIpc) is 2.71. The van der Waals surface area contributed by atoms with Crippen LogP contribution in [0.25, 0.3) is 0 Å². The van der Waals surface area contributed by atoms with Gasteiger partial charge in [0.2, 0.25) is 0 Å². The summed E-state index contributed by atoms with van der Waals surface area (Å²) in [6, 6.07) is 18.4. The lowest BCUT2D eigenvalue weighted by Crippen LogP contribution is -2.38. The van der Waals surface area contributed by atoms with E-state index in [4.69, 9.17) is 4.74 Å². The molecule has 0 saturated carbocycles. The maximum atomic E-state index is 13.4. The zero-order valence-electron chi connectivity index (χ0n) is 15.8. The fraction of sp³-hybridized carbons (Fsp3) is 0.130. The van der Waals surface area contributed by atoms with Crippen LogP contribution < -0.4 is 15.0 Å². The van der Waals surface area contributed by atoms with Gasteiger partial charge in [-0.25, -0.2) is 4.39 Å². The van der Waals surface area contributed by atoms with Gasteiger partial charge in [0.05, 0.1) is 12.2 Å². The summed E-state index contributed by atoms with van der Waals surface area (Å²) < 4.78 is 18.9. The number of nitrogens with zero attached hydrogens (tertiary/aromatic N) is 1. The second kappa shape index (κ2) is 7.75. The van der Waals surface area contributed by atoms with Crippen molar-refractivity contribution in [3.8, 4) is 5.75 Å². The number of anilines is 2. The molecule has 3 aromatic rings. The van der Waals surface area contributed by atoms with Gasteiger partial charge >= 0.3 is 0 Å². The van der Waals surface area contributed by atoms with E-state index < -0.39 is 11.7 Å². The molecule has 29 heavy (non-hydrogen) atoms. The highest BCUT2D eigenvalue weighted by Crippen LogP contribution is 2.36. The van der Waals surface area contributed by atoms with Crippen molar-refractivity contribution >= 4 is 23.2 Å². The minimum atomic E-state index is -0.480. The van der Waals surface area contributed by atoms with Crippen molar-refractivity contribution in [1.29, 1.82) is 0 Å². The van der Waals surface area contributed by atoms with Gasteiger partial charge in [-0.05, 0) is 54.4 Å². The Hall–Kier alpha value is -3.67. The van der Waals surface area contributed by atoms with Crippen LogP contribution in [0.5, 0.6) is 5.75 Å². The predicted octanol–water partition coefficient (Wildman–Crippen LogP) is 4.31. The zero-order valence-corrected chi connectivity index (χ0v) is 15.8. The first-order chi connectivity index (χ1) is 14.0. The zero-order chi connectivity index (χ0) is 20.4. The molecule has 4 rings (SSSR count). The van der Waals surface area contributed by atoms with Crippen LogP contribution in [0.3, 0.4) is 0 Å². The highest BCUT2D eigenvalue weighted by Gasteiger charge is 2.26. The van der Waals surface area contributed by atoms with Gasteiger partial charge in [0.1, 0.15) is 11.6 Å². The Kier molecular flexibility index (Phi) is 4.99. The topological polar surface area (TPSA) is 58.6 Å². The standard InChI is InChI=1S/C23H19FN2O3/c1-15-5-2-3-6-17(15)13-26-20-12-19(9-10-21(20)29-14-22(26)27)25-23(28)16-7-4-8-18(24)11-16/h2-12H,13-14H2,1H3,(H,25,28). The average molecular weight is 390 g/mol. The van der Waals surface area contributed by atoms with Gasteiger partial charge in [-0.3, -0.25) is 9.59 Å². The summed E-state index contributed by atoms with van der Waals surface area (Å²) in [7, 11) is 0. The Bertz CT molecular complexity index is 1100. The minimum absolute atomic E-state index is 0.0339. The van der Waals surface area contributed by atoms with Gasteiger partial charge in [-0.15, -0.1) is 0 Å². The number of benzene rings is 3. The van der Waals surface area contributed by atoms with Crippen LogP contribution in [0.4, 0.5) is 15.8 Å². The van der Waals surface area contributed by atoms with Crippen molar-refractivity contribution in [2.75, 3.05) is 16.8 Å². The molecule has 0 aliphatic carbocycles. The van der Waals surface area contributed by atoms with Gasteiger partial charge < -0.3 is 15.0 Å². The first-order valence-electron chi connectivity index (χ1n) is 9.20. The Labute approximate surface area is 167 Å². The van der Waals surface area contributed by atoms with Crippen LogP contribution in [-0.2, 0) is 11.3 Å². The molecule has 5 nitrogen and oxygen atoms in total. The van der Waals surface area contributed by atoms with Crippen molar-refractivity contribution in [1.82, 2.24) is 0 Å². The van der Waals surface area contributed by atoms with E-state index in [-0.39, 0.29) is 18.1 Å². The summed E-state index contributed by atoms with van der Waals surface area (Å²) in [4.78, 5) is 26.6. The van der Waals surface area contributed by atoms with E-state index in [9.17, 15) is 14.0 Å². The monoisotopic (exact) mass is 390 g/mol. The number of carbonyl (C=O) groups excluding carboxylic acids is 2. The number of hydrogen-bond donors (Lipinski definition) is 1. The fourth-order valence-corrected chi connectivity index (χ4v) is 3.24. The lowest BCUT2D eigenvalue weighted by molar-refractivity contribution is -0.121. The van der Waals surface area contributed by atoms with Crippen LogP contribution >= 0.6 is 0 Å². The largest absolute Gasteiger partial charge is 0.482 e. The molecule has 6 heteroatoms. The molecule has 1 aliphatic rings. The third-order valence-corrected chi connectivity index (χ3v) is 4.84. The van der Waals surface area contributed by atoms with Gasteiger partial charge in [0.15, 0.2) is 6.61 Å². The highest BCUT2D eigenvalue weighted by atomic mass is 19.1. The van der Waals surface area contributed by atoms with Gasteiger partial charge in [-0.2, -0.15) is 0 Å². The summed E-state index contributed by atoms with van der Waals surface area (Å²) in [5, 5.41) is 2.75. The van der Waals surface area contributed by atoms with Crippen LogP contribution in [0, 0.1) is 12.7 Å². The molecule has 0 unspecified atom stereocenters. The molecule has 0 aromatic heterocycles. The second-order valence-electron chi connectivity index (χ2n) is 6.84. The van der Waals surface area contributed by atoms with E-state index in [1.807, 2.05) is 31.2 Å².